The smallest absolute Gasteiger partial charge is 0.133 e. The van der Waals surface area contributed by atoms with Gasteiger partial charge < -0.3 is 3.90 Å². The Labute approximate surface area is 122 Å². The second kappa shape index (κ2) is 6.70. The van der Waals surface area contributed by atoms with Crippen LogP contribution < -0.4 is 0 Å². The van der Waals surface area contributed by atoms with Gasteiger partial charge in [0.05, 0.1) is 0 Å². The molecule has 0 rings (SSSR count). The third-order valence-electron chi connectivity index (χ3n) is 3.68. The van der Waals surface area contributed by atoms with Crippen LogP contribution in [0.1, 0.15) is 6.42 Å². The first kappa shape index (κ1) is 18.4. The lowest BCUT2D eigenvalue weighted by molar-refractivity contribution is 0.870. The number of alkyl halides is 1. The van der Waals surface area contributed by atoms with Gasteiger partial charge in [-0.15, -0.1) is 24.8 Å². The zero-order valence-corrected chi connectivity index (χ0v) is 16.8. The molecule has 1 nitrogen and oxygen atoms in total. The van der Waals surface area contributed by atoms with Crippen molar-refractivity contribution in [2.75, 3.05) is 5.88 Å². The summed E-state index contributed by atoms with van der Waals surface area (Å²) in [5.74, 6) is 0.774. The van der Waals surface area contributed by atoms with E-state index in [1.54, 1.807) is 0 Å². The van der Waals surface area contributed by atoms with Crippen LogP contribution in [0.15, 0.2) is 24.6 Å². The van der Waals surface area contributed by atoms with Crippen LogP contribution in [0.4, 0.5) is 0 Å². The highest BCUT2D eigenvalue weighted by Crippen LogP contribution is 2.31. The van der Waals surface area contributed by atoms with Crippen molar-refractivity contribution in [1.82, 2.24) is 3.90 Å². The average Bonchev–Trinajstić information content (AvgIpc) is 2.25. The molecule has 0 radical (unpaired) electrons. The summed E-state index contributed by atoms with van der Waals surface area (Å²) in [5.41, 5.74) is 4.45. The SMILES string of the molecule is C=C[Si](C)(C)N([Si](C)(C)C=C)[Si](C)(C)CCCCl. The zero-order chi connectivity index (χ0) is 14.6. The predicted octanol–water partition coefficient (Wildman–Crippen LogP) is 4.98. The van der Waals surface area contributed by atoms with Gasteiger partial charge in [-0.1, -0.05) is 50.7 Å². The highest BCUT2D eigenvalue weighted by Gasteiger charge is 2.46. The van der Waals surface area contributed by atoms with Gasteiger partial charge >= 0.3 is 0 Å². The summed E-state index contributed by atoms with van der Waals surface area (Å²) < 4.78 is 2.90. The van der Waals surface area contributed by atoms with Crippen molar-refractivity contribution >= 4 is 36.3 Å². The minimum Gasteiger partial charge on any atom is -0.362 e. The Morgan fingerprint density at radius 2 is 1.33 bits per heavy atom. The molecule has 0 saturated heterocycles. The zero-order valence-electron chi connectivity index (χ0n) is 13.0. The van der Waals surface area contributed by atoms with E-state index in [0.717, 1.165) is 12.3 Å². The molecule has 0 aromatic rings. The Morgan fingerprint density at radius 1 is 0.944 bits per heavy atom. The van der Waals surface area contributed by atoms with Gasteiger partial charge in [-0.2, -0.15) is 0 Å². The summed E-state index contributed by atoms with van der Waals surface area (Å²) in [7, 11) is -4.52. The van der Waals surface area contributed by atoms with Crippen LogP contribution in [-0.2, 0) is 0 Å². The molecule has 0 spiro atoms. The maximum atomic E-state index is 5.89. The largest absolute Gasteiger partial charge is 0.362 e. The van der Waals surface area contributed by atoms with Crippen molar-refractivity contribution in [2.45, 2.75) is 51.7 Å². The highest BCUT2D eigenvalue weighted by atomic mass is 35.5. The Morgan fingerprint density at radius 3 is 1.61 bits per heavy atom. The second-order valence-corrected chi connectivity index (χ2v) is 21.3. The van der Waals surface area contributed by atoms with Gasteiger partial charge in [0.15, 0.2) is 0 Å². The van der Waals surface area contributed by atoms with Gasteiger partial charge in [0, 0.05) is 5.88 Å². The fourth-order valence-electron chi connectivity index (χ4n) is 3.10. The molecular formula is C13H30ClNSi3. The Kier molecular flexibility index (Phi) is 6.84. The van der Waals surface area contributed by atoms with Crippen LogP contribution >= 0.6 is 11.6 Å². The molecule has 0 bridgehead atoms. The average molecular weight is 320 g/mol. The topological polar surface area (TPSA) is 3.24 Å². The van der Waals surface area contributed by atoms with Crippen LogP contribution in [-0.4, -0.2) is 34.5 Å². The van der Waals surface area contributed by atoms with Crippen molar-refractivity contribution in [2.24, 2.45) is 0 Å². The summed E-state index contributed by atoms with van der Waals surface area (Å²) in [6.07, 6.45) is 1.13. The number of rotatable bonds is 8. The highest BCUT2D eigenvalue weighted by molar-refractivity contribution is 7.07. The first-order chi connectivity index (χ1) is 8.05. The molecule has 0 aliphatic rings. The number of hydrogen-bond acceptors (Lipinski definition) is 1. The van der Waals surface area contributed by atoms with Crippen molar-refractivity contribution in [3.05, 3.63) is 24.6 Å². The summed E-state index contributed by atoms with van der Waals surface area (Å²) in [4.78, 5) is 0. The molecule has 0 N–H and O–H groups in total. The van der Waals surface area contributed by atoms with Crippen LogP contribution in [0.5, 0.6) is 0 Å². The summed E-state index contributed by atoms with van der Waals surface area (Å²) in [6, 6.07) is 1.27. The number of hydrogen-bond donors (Lipinski definition) is 0. The number of halogens is 1. The first-order valence-corrected chi connectivity index (χ1v) is 16.4. The third-order valence-corrected chi connectivity index (χ3v) is 21.6. The fourth-order valence-corrected chi connectivity index (χ4v) is 25.3. The molecule has 0 saturated carbocycles. The van der Waals surface area contributed by atoms with E-state index >= 15 is 0 Å². The summed E-state index contributed by atoms with van der Waals surface area (Å²) in [6.45, 7) is 22.8. The Balaban J connectivity index is 5.48. The molecule has 0 aromatic carbocycles. The van der Waals surface area contributed by atoms with E-state index in [-0.39, 0.29) is 0 Å². The molecule has 0 aliphatic heterocycles. The fraction of sp³-hybridized carbons (Fsp3) is 0.692. The lowest BCUT2D eigenvalue weighted by atomic mass is 10.6. The maximum absolute atomic E-state index is 5.89. The van der Waals surface area contributed by atoms with E-state index in [0.29, 0.717) is 0 Å². The van der Waals surface area contributed by atoms with Gasteiger partial charge in [-0.3, -0.25) is 0 Å². The summed E-state index contributed by atoms with van der Waals surface area (Å²) in [5, 5.41) is 0. The van der Waals surface area contributed by atoms with Gasteiger partial charge in [0.1, 0.15) is 24.7 Å². The van der Waals surface area contributed by atoms with E-state index in [4.69, 9.17) is 11.6 Å². The van der Waals surface area contributed by atoms with Gasteiger partial charge in [0.2, 0.25) is 0 Å². The molecule has 0 atom stereocenters. The molecule has 18 heavy (non-hydrogen) atoms. The molecule has 0 fully saturated rings. The molecule has 106 valence electrons. The molecule has 5 heteroatoms. The van der Waals surface area contributed by atoms with Crippen molar-refractivity contribution < 1.29 is 0 Å². The molecule has 0 aromatic heterocycles. The van der Waals surface area contributed by atoms with E-state index in [9.17, 15) is 0 Å². The van der Waals surface area contributed by atoms with E-state index in [1.807, 2.05) is 0 Å². The minimum atomic E-state index is -1.54. The van der Waals surface area contributed by atoms with Crippen LogP contribution in [0.2, 0.25) is 45.3 Å². The van der Waals surface area contributed by atoms with Crippen LogP contribution in [0.25, 0.3) is 0 Å². The number of nitrogens with zero attached hydrogens (tertiary/aromatic N) is 1. The first-order valence-electron chi connectivity index (χ1n) is 6.69. The molecule has 0 amide bonds. The Hall–Kier alpha value is 0.381. The maximum Gasteiger partial charge on any atom is 0.133 e. The standard InChI is InChI=1S/C13H30ClNSi3/c1-9-16(3,4)15(17(5,6)10-2)18(7,8)13-11-12-14/h9-10H,1-2,11-13H2,3-8H3. The summed E-state index contributed by atoms with van der Waals surface area (Å²) >= 11 is 5.89. The lowest BCUT2D eigenvalue weighted by Gasteiger charge is -2.53. The van der Waals surface area contributed by atoms with Crippen LogP contribution in [0, 0.1) is 0 Å². The molecule has 0 unspecified atom stereocenters. The minimum absolute atomic E-state index is 0.774. The van der Waals surface area contributed by atoms with E-state index < -0.39 is 24.7 Å². The molecular weight excluding hydrogens is 290 g/mol. The van der Waals surface area contributed by atoms with Gasteiger partial charge in [-0.05, 0) is 12.5 Å². The van der Waals surface area contributed by atoms with E-state index in [1.165, 1.54) is 6.04 Å². The quantitative estimate of drug-likeness (QED) is 0.450. The third kappa shape index (κ3) is 4.49. The van der Waals surface area contributed by atoms with Crippen LogP contribution in [0.3, 0.4) is 0 Å². The van der Waals surface area contributed by atoms with Gasteiger partial charge in [0.25, 0.3) is 0 Å². The van der Waals surface area contributed by atoms with Gasteiger partial charge in [-0.25, -0.2) is 0 Å². The van der Waals surface area contributed by atoms with Crippen molar-refractivity contribution in [3.8, 4) is 0 Å². The monoisotopic (exact) mass is 319 g/mol. The van der Waals surface area contributed by atoms with E-state index in [2.05, 4.69) is 67.7 Å². The van der Waals surface area contributed by atoms with Crippen molar-refractivity contribution in [1.29, 1.82) is 0 Å². The predicted molar refractivity (Wildman–Crippen MR) is 94.8 cm³/mol. The molecule has 0 heterocycles. The Bertz CT molecular complexity index is 281. The second-order valence-electron chi connectivity index (χ2n) is 6.66. The molecule has 0 aliphatic carbocycles. The normalized spacial score (nSPS) is 13.8. The van der Waals surface area contributed by atoms with Crippen molar-refractivity contribution in [3.63, 3.8) is 0 Å². The lowest BCUT2D eigenvalue weighted by Crippen LogP contribution is -2.70.